The first-order valence-electron chi connectivity index (χ1n) is 12.4. The number of benzene rings is 3. The number of carboxylic acid groups (broad SMARTS) is 1. The minimum atomic E-state index is -1.18. The molecule has 0 unspecified atom stereocenters. The van der Waals surface area contributed by atoms with Crippen LogP contribution in [0, 0.1) is 5.95 Å². The second-order valence-corrected chi connectivity index (χ2v) is 8.92. The molecule has 0 amide bonds. The quantitative estimate of drug-likeness (QED) is 0.269. The van der Waals surface area contributed by atoms with Crippen LogP contribution < -0.4 is 9.47 Å². The van der Waals surface area contributed by atoms with Crippen LogP contribution in [0.2, 0.25) is 0 Å². The van der Waals surface area contributed by atoms with E-state index in [0.29, 0.717) is 17.9 Å². The number of rotatable bonds is 10. The average molecular weight is 518 g/mol. The van der Waals surface area contributed by atoms with Crippen LogP contribution >= 0.6 is 0 Å². The van der Waals surface area contributed by atoms with Gasteiger partial charge in [-0.1, -0.05) is 30.3 Å². The molecule has 0 atom stereocenters. The third-order valence-corrected chi connectivity index (χ3v) is 6.36. The van der Waals surface area contributed by atoms with E-state index in [1.807, 2.05) is 42.5 Å². The predicted octanol–water partition coefficient (Wildman–Crippen LogP) is 5.47. The second-order valence-electron chi connectivity index (χ2n) is 8.92. The summed E-state index contributed by atoms with van der Waals surface area (Å²) in [5, 5.41) is 15.6. The Kier molecular flexibility index (Phi) is 7.96. The highest BCUT2D eigenvalue weighted by molar-refractivity contribution is 5.93. The van der Waals surface area contributed by atoms with Gasteiger partial charge in [0.15, 0.2) is 0 Å². The lowest BCUT2D eigenvalue weighted by atomic mass is 10.0. The van der Waals surface area contributed by atoms with E-state index < -0.39 is 11.9 Å². The summed E-state index contributed by atoms with van der Waals surface area (Å²) in [5.74, 6) is -0.434. The van der Waals surface area contributed by atoms with Crippen molar-refractivity contribution < 1.29 is 28.5 Å². The zero-order valence-electron chi connectivity index (χ0n) is 20.7. The number of aromatic amines is 1. The van der Waals surface area contributed by atoms with Crippen molar-refractivity contribution in [3.63, 3.8) is 0 Å². The number of morpholine rings is 1. The lowest BCUT2D eigenvalue weighted by Gasteiger charge is -2.26. The maximum absolute atomic E-state index is 13.9. The van der Waals surface area contributed by atoms with Crippen LogP contribution in [-0.4, -0.2) is 65.6 Å². The summed E-state index contributed by atoms with van der Waals surface area (Å²) < 4.78 is 31.1. The first-order chi connectivity index (χ1) is 18.6. The van der Waals surface area contributed by atoms with Gasteiger partial charge in [0.25, 0.3) is 0 Å². The predicted molar refractivity (Wildman–Crippen MR) is 140 cm³/mol. The summed E-state index contributed by atoms with van der Waals surface area (Å²) >= 11 is 0. The molecule has 1 aliphatic heterocycles. The molecule has 0 aliphatic carbocycles. The Labute approximate surface area is 219 Å². The minimum absolute atomic E-state index is 0.0800. The van der Waals surface area contributed by atoms with Gasteiger partial charge in [0.05, 0.1) is 25.4 Å². The molecule has 0 radical (unpaired) electrons. The monoisotopic (exact) mass is 517 g/mol. The van der Waals surface area contributed by atoms with E-state index in [4.69, 9.17) is 14.2 Å². The first-order valence-corrected chi connectivity index (χ1v) is 12.4. The lowest BCUT2D eigenvalue weighted by molar-refractivity contribution is 0.0358. The van der Waals surface area contributed by atoms with Crippen LogP contribution in [0.1, 0.15) is 16.8 Å². The van der Waals surface area contributed by atoms with Crippen LogP contribution in [0.25, 0.3) is 22.3 Å². The smallest absolute Gasteiger partial charge is 0.339 e. The van der Waals surface area contributed by atoms with Crippen molar-refractivity contribution in [3.05, 3.63) is 84.4 Å². The highest BCUT2D eigenvalue weighted by Crippen LogP contribution is 2.33. The number of carbonyl (C=O) groups is 1. The summed E-state index contributed by atoms with van der Waals surface area (Å²) in [6, 6.07) is 19.7. The molecule has 3 aromatic carbocycles. The SMILES string of the molecule is O=C(O)c1cc(-c2c[nH]nc2F)ccc1Oc1cccc(-c2ccc(OCCCN3CCOCC3)cc2)c1. The summed E-state index contributed by atoms with van der Waals surface area (Å²) in [7, 11) is 0. The zero-order valence-corrected chi connectivity index (χ0v) is 20.7. The fourth-order valence-electron chi connectivity index (χ4n) is 4.34. The van der Waals surface area contributed by atoms with E-state index in [9.17, 15) is 14.3 Å². The molecular formula is C29H28FN3O5. The molecule has 1 saturated heterocycles. The van der Waals surface area contributed by atoms with Crippen molar-refractivity contribution in [1.29, 1.82) is 0 Å². The summed E-state index contributed by atoms with van der Waals surface area (Å²) in [5.41, 5.74) is 2.38. The molecule has 8 nitrogen and oxygen atoms in total. The van der Waals surface area contributed by atoms with E-state index in [-0.39, 0.29) is 16.9 Å². The number of hydrogen-bond donors (Lipinski definition) is 2. The third-order valence-electron chi connectivity index (χ3n) is 6.36. The molecule has 38 heavy (non-hydrogen) atoms. The maximum atomic E-state index is 13.9. The van der Waals surface area contributed by atoms with Crippen LogP contribution in [0.5, 0.6) is 17.2 Å². The minimum Gasteiger partial charge on any atom is -0.494 e. The van der Waals surface area contributed by atoms with Crippen molar-refractivity contribution in [3.8, 4) is 39.5 Å². The Morgan fingerprint density at radius 1 is 1.00 bits per heavy atom. The number of H-pyrrole nitrogens is 1. The summed E-state index contributed by atoms with van der Waals surface area (Å²) in [6.45, 7) is 5.21. The van der Waals surface area contributed by atoms with Gasteiger partial charge in [0, 0.05) is 25.8 Å². The Balaban J connectivity index is 1.23. The van der Waals surface area contributed by atoms with Gasteiger partial charge in [-0.25, -0.2) is 4.79 Å². The third kappa shape index (κ3) is 6.19. The number of halogens is 1. The van der Waals surface area contributed by atoms with Gasteiger partial charge < -0.3 is 19.3 Å². The molecule has 4 aromatic rings. The standard InChI is InChI=1S/C29H28FN3O5/c30-28-26(19-31-32-28)22-7-10-27(25(18-22)29(34)35)38-24-4-1-3-21(17-24)20-5-8-23(9-6-20)37-14-2-11-33-12-15-36-16-13-33/h1,3-10,17-19H,2,11-16H2,(H,31,32)(H,34,35). The van der Waals surface area contributed by atoms with E-state index in [1.54, 1.807) is 12.1 Å². The summed E-state index contributed by atoms with van der Waals surface area (Å²) in [6.07, 6.45) is 2.33. The van der Waals surface area contributed by atoms with E-state index in [1.165, 1.54) is 18.3 Å². The van der Waals surface area contributed by atoms with Crippen molar-refractivity contribution in [2.24, 2.45) is 0 Å². The lowest BCUT2D eigenvalue weighted by Crippen LogP contribution is -2.37. The van der Waals surface area contributed by atoms with Gasteiger partial charge in [-0.3, -0.25) is 10.00 Å². The highest BCUT2D eigenvalue weighted by Gasteiger charge is 2.17. The van der Waals surface area contributed by atoms with Crippen LogP contribution in [0.15, 0.2) is 72.9 Å². The molecule has 0 spiro atoms. The number of nitrogens with one attached hydrogen (secondary N) is 1. The van der Waals surface area contributed by atoms with Gasteiger partial charge in [0.2, 0.25) is 5.95 Å². The fourth-order valence-corrected chi connectivity index (χ4v) is 4.34. The second kappa shape index (κ2) is 11.9. The Hall–Kier alpha value is -4.21. The van der Waals surface area contributed by atoms with Gasteiger partial charge in [-0.2, -0.15) is 4.39 Å². The molecule has 196 valence electrons. The van der Waals surface area contributed by atoms with E-state index >= 15 is 0 Å². The molecule has 9 heteroatoms. The molecule has 0 saturated carbocycles. The van der Waals surface area contributed by atoms with Crippen molar-refractivity contribution in [1.82, 2.24) is 15.1 Å². The van der Waals surface area contributed by atoms with Gasteiger partial charge in [-0.05, 0) is 59.5 Å². The molecule has 5 rings (SSSR count). The number of nitrogens with zero attached hydrogens (tertiary/aromatic N) is 2. The van der Waals surface area contributed by atoms with Crippen molar-refractivity contribution in [2.75, 3.05) is 39.5 Å². The maximum Gasteiger partial charge on any atom is 0.339 e. The first kappa shape index (κ1) is 25.4. The van der Waals surface area contributed by atoms with Gasteiger partial charge in [0.1, 0.15) is 22.8 Å². The van der Waals surface area contributed by atoms with Gasteiger partial charge >= 0.3 is 5.97 Å². The Morgan fingerprint density at radius 2 is 1.79 bits per heavy atom. The number of carboxylic acids is 1. The van der Waals surface area contributed by atoms with Crippen molar-refractivity contribution in [2.45, 2.75) is 6.42 Å². The molecule has 2 heterocycles. The van der Waals surface area contributed by atoms with E-state index in [0.717, 1.165) is 56.1 Å². The zero-order chi connectivity index (χ0) is 26.3. The molecule has 1 aromatic heterocycles. The highest BCUT2D eigenvalue weighted by atomic mass is 19.1. The number of aromatic carboxylic acids is 1. The molecular weight excluding hydrogens is 489 g/mol. The van der Waals surface area contributed by atoms with Crippen LogP contribution in [-0.2, 0) is 4.74 Å². The largest absolute Gasteiger partial charge is 0.494 e. The molecule has 0 bridgehead atoms. The van der Waals surface area contributed by atoms with E-state index in [2.05, 4.69) is 15.1 Å². The molecule has 2 N–H and O–H groups in total. The van der Waals surface area contributed by atoms with Crippen molar-refractivity contribution >= 4 is 5.97 Å². The average Bonchev–Trinajstić information content (AvgIpc) is 3.38. The number of aromatic nitrogens is 2. The fraction of sp³-hybridized carbons (Fsp3) is 0.241. The number of ether oxygens (including phenoxy) is 3. The topological polar surface area (TPSA) is 96.9 Å². The summed E-state index contributed by atoms with van der Waals surface area (Å²) in [4.78, 5) is 14.3. The molecule has 1 aliphatic rings. The normalized spacial score (nSPS) is 13.8. The van der Waals surface area contributed by atoms with Gasteiger partial charge in [-0.15, -0.1) is 5.10 Å². The Morgan fingerprint density at radius 3 is 2.53 bits per heavy atom. The number of hydrogen-bond acceptors (Lipinski definition) is 6. The van der Waals surface area contributed by atoms with Crippen LogP contribution in [0.3, 0.4) is 0 Å². The Bertz CT molecular complexity index is 1380. The van der Waals surface area contributed by atoms with Crippen LogP contribution in [0.4, 0.5) is 4.39 Å². The molecule has 1 fully saturated rings.